The average molecular weight is 186 g/mol. The maximum atomic E-state index is 5.69. The van der Waals surface area contributed by atoms with Gasteiger partial charge in [-0.15, -0.1) is 0 Å². The SMILES string of the molecule is Clc1nc(C2CCCNC2)c[nH]1. The van der Waals surface area contributed by atoms with E-state index in [1.807, 2.05) is 6.20 Å². The molecule has 1 aromatic rings. The lowest BCUT2D eigenvalue weighted by molar-refractivity contribution is 0.456. The standard InChI is InChI=1S/C8H12ClN3/c9-8-11-5-7(12-8)6-2-1-3-10-4-6/h5-6,10H,1-4H2,(H,11,12). The van der Waals surface area contributed by atoms with Gasteiger partial charge in [0.1, 0.15) is 0 Å². The minimum Gasteiger partial charge on any atom is -0.335 e. The summed E-state index contributed by atoms with van der Waals surface area (Å²) in [7, 11) is 0. The second-order valence-corrected chi connectivity index (χ2v) is 3.52. The van der Waals surface area contributed by atoms with Crippen LogP contribution < -0.4 is 5.32 Å². The highest BCUT2D eigenvalue weighted by atomic mass is 35.5. The van der Waals surface area contributed by atoms with E-state index in [0.29, 0.717) is 11.2 Å². The number of H-pyrrole nitrogens is 1. The molecule has 2 rings (SSSR count). The van der Waals surface area contributed by atoms with E-state index in [9.17, 15) is 0 Å². The minimum absolute atomic E-state index is 0.496. The first-order valence-electron chi connectivity index (χ1n) is 4.28. The Hall–Kier alpha value is -0.540. The predicted octanol–water partition coefficient (Wildman–Crippen LogP) is 1.53. The highest BCUT2D eigenvalue weighted by Gasteiger charge is 2.17. The first kappa shape index (κ1) is 8.08. The zero-order chi connectivity index (χ0) is 8.39. The van der Waals surface area contributed by atoms with Crippen LogP contribution in [0.25, 0.3) is 0 Å². The molecule has 3 nitrogen and oxygen atoms in total. The first-order chi connectivity index (χ1) is 5.86. The summed E-state index contributed by atoms with van der Waals surface area (Å²) in [6, 6.07) is 0. The predicted molar refractivity (Wildman–Crippen MR) is 48.4 cm³/mol. The van der Waals surface area contributed by atoms with E-state index in [1.165, 1.54) is 12.8 Å². The van der Waals surface area contributed by atoms with Crippen LogP contribution in [0.4, 0.5) is 0 Å². The Labute approximate surface area is 76.5 Å². The van der Waals surface area contributed by atoms with Crippen molar-refractivity contribution in [3.8, 4) is 0 Å². The fourth-order valence-electron chi connectivity index (χ4n) is 1.62. The van der Waals surface area contributed by atoms with Crippen LogP contribution in [0, 0.1) is 0 Å². The number of hydrogen-bond acceptors (Lipinski definition) is 2. The lowest BCUT2D eigenvalue weighted by Gasteiger charge is -2.20. The summed E-state index contributed by atoms with van der Waals surface area (Å²) in [6.07, 6.45) is 4.35. The molecule has 2 heterocycles. The molecule has 0 spiro atoms. The summed E-state index contributed by atoms with van der Waals surface area (Å²) in [5.74, 6) is 0.544. The molecule has 12 heavy (non-hydrogen) atoms. The summed E-state index contributed by atoms with van der Waals surface area (Å²) in [6.45, 7) is 2.16. The quantitative estimate of drug-likeness (QED) is 0.697. The maximum Gasteiger partial charge on any atom is 0.200 e. The molecule has 0 aromatic carbocycles. The lowest BCUT2D eigenvalue weighted by Crippen LogP contribution is -2.28. The fraction of sp³-hybridized carbons (Fsp3) is 0.625. The molecule has 4 heteroatoms. The summed E-state index contributed by atoms with van der Waals surface area (Å²) in [5, 5.41) is 3.84. The number of halogens is 1. The van der Waals surface area contributed by atoms with Crippen molar-refractivity contribution < 1.29 is 0 Å². The zero-order valence-electron chi connectivity index (χ0n) is 6.81. The molecule has 0 radical (unpaired) electrons. The van der Waals surface area contributed by atoms with Crippen molar-refractivity contribution in [2.75, 3.05) is 13.1 Å². The Morgan fingerprint density at radius 2 is 2.50 bits per heavy atom. The molecular weight excluding hydrogens is 174 g/mol. The summed E-state index contributed by atoms with van der Waals surface area (Å²) in [5.41, 5.74) is 1.09. The van der Waals surface area contributed by atoms with E-state index in [0.717, 1.165) is 18.8 Å². The van der Waals surface area contributed by atoms with Gasteiger partial charge in [-0.2, -0.15) is 0 Å². The normalized spacial score (nSPS) is 24.2. The Kier molecular flexibility index (Phi) is 2.33. The molecule has 1 aliphatic heterocycles. The minimum atomic E-state index is 0.496. The van der Waals surface area contributed by atoms with Crippen molar-refractivity contribution in [3.05, 3.63) is 17.2 Å². The Morgan fingerprint density at radius 3 is 3.08 bits per heavy atom. The van der Waals surface area contributed by atoms with Gasteiger partial charge in [-0.25, -0.2) is 4.98 Å². The molecule has 0 amide bonds. The number of imidazole rings is 1. The monoisotopic (exact) mass is 185 g/mol. The zero-order valence-corrected chi connectivity index (χ0v) is 7.56. The van der Waals surface area contributed by atoms with Crippen molar-refractivity contribution in [2.24, 2.45) is 0 Å². The van der Waals surface area contributed by atoms with Crippen molar-refractivity contribution in [1.29, 1.82) is 0 Å². The van der Waals surface area contributed by atoms with Gasteiger partial charge in [-0.1, -0.05) is 0 Å². The van der Waals surface area contributed by atoms with Gasteiger partial charge in [0, 0.05) is 18.7 Å². The highest BCUT2D eigenvalue weighted by Crippen LogP contribution is 2.21. The van der Waals surface area contributed by atoms with E-state index in [-0.39, 0.29) is 0 Å². The molecule has 0 bridgehead atoms. The average Bonchev–Trinajstić information content (AvgIpc) is 2.54. The largest absolute Gasteiger partial charge is 0.335 e. The third kappa shape index (κ3) is 1.62. The van der Waals surface area contributed by atoms with Gasteiger partial charge in [0.2, 0.25) is 0 Å². The number of rotatable bonds is 1. The van der Waals surface area contributed by atoms with Crippen LogP contribution >= 0.6 is 11.6 Å². The van der Waals surface area contributed by atoms with Crippen LogP contribution in [0.15, 0.2) is 6.20 Å². The van der Waals surface area contributed by atoms with Gasteiger partial charge in [-0.3, -0.25) is 0 Å². The van der Waals surface area contributed by atoms with Gasteiger partial charge in [0.15, 0.2) is 5.28 Å². The molecule has 0 saturated carbocycles. The molecule has 1 atom stereocenters. The Morgan fingerprint density at radius 1 is 1.58 bits per heavy atom. The maximum absolute atomic E-state index is 5.69. The van der Waals surface area contributed by atoms with E-state index in [1.54, 1.807) is 0 Å². The van der Waals surface area contributed by atoms with Gasteiger partial charge < -0.3 is 10.3 Å². The fourth-order valence-corrected chi connectivity index (χ4v) is 1.78. The summed E-state index contributed by atoms with van der Waals surface area (Å²) in [4.78, 5) is 7.10. The lowest BCUT2D eigenvalue weighted by atomic mass is 9.97. The highest BCUT2D eigenvalue weighted by molar-refractivity contribution is 6.28. The molecular formula is C8H12ClN3. The van der Waals surface area contributed by atoms with E-state index in [2.05, 4.69) is 15.3 Å². The third-order valence-corrected chi connectivity index (χ3v) is 2.48. The third-order valence-electron chi connectivity index (χ3n) is 2.28. The number of hydrogen-bond donors (Lipinski definition) is 2. The number of nitrogens with zero attached hydrogens (tertiary/aromatic N) is 1. The topological polar surface area (TPSA) is 40.7 Å². The second-order valence-electron chi connectivity index (χ2n) is 3.16. The first-order valence-corrected chi connectivity index (χ1v) is 4.65. The van der Waals surface area contributed by atoms with Crippen molar-refractivity contribution in [2.45, 2.75) is 18.8 Å². The van der Waals surface area contributed by atoms with Crippen LogP contribution in [0.1, 0.15) is 24.5 Å². The molecule has 2 N–H and O–H groups in total. The van der Waals surface area contributed by atoms with Crippen molar-refractivity contribution >= 4 is 11.6 Å². The van der Waals surface area contributed by atoms with Crippen LogP contribution in [0.3, 0.4) is 0 Å². The second kappa shape index (κ2) is 3.46. The number of nitrogens with one attached hydrogen (secondary N) is 2. The molecule has 1 aromatic heterocycles. The van der Waals surface area contributed by atoms with Gasteiger partial charge >= 0.3 is 0 Å². The molecule has 1 fully saturated rings. The van der Waals surface area contributed by atoms with Gasteiger partial charge in [0.25, 0.3) is 0 Å². The molecule has 66 valence electrons. The van der Waals surface area contributed by atoms with E-state index in [4.69, 9.17) is 11.6 Å². The molecule has 1 aliphatic rings. The number of aromatic amines is 1. The molecule has 1 saturated heterocycles. The summed E-state index contributed by atoms with van der Waals surface area (Å²) >= 11 is 5.69. The van der Waals surface area contributed by atoms with Crippen molar-refractivity contribution in [3.63, 3.8) is 0 Å². The Balaban J connectivity index is 2.08. The summed E-state index contributed by atoms with van der Waals surface area (Å²) < 4.78 is 0. The van der Waals surface area contributed by atoms with Crippen LogP contribution in [-0.4, -0.2) is 23.1 Å². The van der Waals surface area contributed by atoms with E-state index >= 15 is 0 Å². The van der Waals surface area contributed by atoms with E-state index < -0.39 is 0 Å². The van der Waals surface area contributed by atoms with Crippen LogP contribution in [0.2, 0.25) is 5.28 Å². The van der Waals surface area contributed by atoms with Crippen LogP contribution in [0.5, 0.6) is 0 Å². The van der Waals surface area contributed by atoms with Gasteiger partial charge in [0.05, 0.1) is 5.69 Å². The number of aromatic nitrogens is 2. The molecule has 1 unspecified atom stereocenters. The molecule has 0 aliphatic carbocycles. The van der Waals surface area contributed by atoms with Crippen molar-refractivity contribution in [1.82, 2.24) is 15.3 Å². The van der Waals surface area contributed by atoms with Gasteiger partial charge in [-0.05, 0) is 31.0 Å². The van der Waals surface area contributed by atoms with Crippen LogP contribution in [-0.2, 0) is 0 Å². The number of piperidine rings is 1. The smallest absolute Gasteiger partial charge is 0.200 e. The Bertz CT molecular complexity index is 253.